The molecule has 5 nitrogen and oxygen atoms in total. The van der Waals surface area contributed by atoms with Crippen LogP contribution < -0.4 is 5.32 Å². The van der Waals surface area contributed by atoms with Crippen molar-refractivity contribution in [2.45, 2.75) is 26.1 Å². The number of ketones is 1. The van der Waals surface area contributed by atoms with Crippen LogP contribution in [-0.2, 0) is 22.6 Å². The van der Waals surface area contributed by atoms with Crippen molar-refractivity contribution in [2.75, 3.05) is 0 Å². The van der Waals surface area contributed by atoms with Crippen LogP contribution in [0, 0.1) is 12.7 Å². The highest BCUT2D eigenvalue weighted by Crippen LogP contribution is 2.24. The van der Waals surface area contributed by atoms with Crippen LogP contribution in [0.15, 0.2) is 77.8 Å². The summed E-state index contributed by atoms with van der Waals surface area (Å²) < 4.78 is 19.2. The Morgan fingerprint density at radius 3 is 2.65 bits per heavy atom. The molecule has 1 atom stereocenters. The van der Waals surface area contributed by atoms with Gasteiger partial charge in [0.2, 0.25) is 0 Å². The summed E-state index contributed by atoms with van der Waals surface area (Å²) >= 11 is 0. The summed E-state index contributed by atoms with van der Waals surface area (Å²) in [4.78, 5) is 29.8. The Morgan fingerprint density at radius 2 is 1.87 bits per heavy atom. The normalized spacial score (nSPS) is 15.5. The standard InChI is InChI=1S/C25H21FN2O3/c1-16-7-5-12-20-21(16)14-22(29)24(27-23(20)18-10-6-11-19(26)13-18)28-25(30)31-15-17-8-3-2-4-9-17/h2-13,24H,14-15H2,1H3,(H,28,30). The fraction of sp³-hybridized carbons (Fsp3) is 0.160. The second-order valence-corrected chi connectivity index (χ2v) is 7.34. The van der Waals surface area contributed by atoms with E-state index < -0.39 is 18.1 Å². The second kappa shape index (κ2) is 8.92. The van der Waals surface area contributed by atoms with E-state index in [9.17, 15) is 14.0 Å². The summed E-state index contributed by atoms with van der Waals surface area (Å²) in [5.41, 5.74) is 4.32. The Kier molecular flexibility index (Phi) is 5.89. The number of fused-ring (bicyclic) bond motifs is 1. The van der Waals surface area contributed by atoms with Crippen molar-refractivity contribution in [3.63, 3.8) is 0 Å². The maximum absolute atomic E-state index is 13.9. The van der Waals surface area contributed by atoms with Crippen LogP contribution in [0.25, 0.3) is 0 Å². The third kappa shape index (κ3) is 4.69. The number of ether oxygens (including phenoxy) is 1. The third-order valence-corrected chi connectivity index (χ3v) is 5.14. The number of nitrogens with zero attached hydrogens (tertiary/aromatic N) is 1. The van der Waals surface area contributed by atoms with Crippen LogP contribution in [0.1, 0.15) is 27.8 Å². The zero-order valence-corrected chi connectivity index (χ0v) is 17.0. The average Bonchev–Trinajstić information content (AvgIpc) is 2.91. The van der Waals surface area contributed by atoms with Gasteiger partial charge < -0.3 is 4.74 Å². The fourth-order valence-corrected chi connectivity index (χ4v) is 3.56. The number of hydrogen-bond acceptors (Lipinski definition) is 4. The highest BCUT2D eigenvalue weighted by Gasteiger charge is 2.28. The summed E-state index contributed by atoms with van der Waals surface area (Å²) in [6.07, 6.45) is -1.77. The van der Waals surface area contributed by atoms with E-state index in [4.69, 9.17) is 4.74 Å². The van der Waals surface area contributed by atoms with E-state index >= 15 is 0 Å². The van der Waals surface area contributed by atoms with E-state index in [0.29, 0.717) is 11.3 Å². The molecule has 1 amide bonds. The molecule has 6 heteroatoms. The Labute approximate surface area is 179 Å². The largest absolute Gasteiger partial charge is 0.445 e. The lowest BCUT2D eigenvalue weighted by Gasteiger charge is -2.14. The first-order valence-electron chi connectivity index (χ1n) is 9.94. The van der Waals surface area contributed by atoms with Gasteiger partial charge in [0.15, 0.2) is 11.9 Å². The number of benzene rings is 3. The quantitative estimate of drug-likeness (QED) is 0.688. The molecule has 1 unspecified atom stereocenters. The number of Topliss-reactive ketones (excluding diaryl/α,β-unsaturated/α-hetero) is 1. The number of carbonyl (C=O) groups is 2. The van der Waals surface area contributed by atoms with Gasteiger partial charge in [0.1, 0.15) is 12.4 Å². The molecule has 0 saturated heterocycles. The third-order valence-electron chi connectivity index (χ3n) is 5.14. The molecule has 0 bridgehead atoms. The smallest absolute Gasteiger partial charge is 0.409 e. The monoisotopic (exact) mass is 416 g/mol. The van der Waals surface area contributed by atoms with Crippen LogP contribution in [0.2, 0.25) is 0 Å². The summed E-state index contributed by atoms with van der Waals surface area (Å²) in [5, 5.41) is 2.56. The second-order valence-electron chi connectivity index (χ2n) is 7.34. The average molecular weight is 416 g/mol. The van der Waals surface area contributed by atoms with Crippen LogP contribution >= 0.6 is 0 Å². The number of aliphatic imine (C=N–C) groups is 1. The molecular formula is C25H21FN2O3. The van der Waals surface area contributed by atoms with Crippen LogP contribution in [-0.4, -0.2) is 23.8 Å². The first-order chi connectivity index (χ1) is 15.0. The number of nitrogens with one attached hydrogen (secondary N) is 1. The summed E-state index contributed by atoms with van der Waals surface area (Å²) in [5.74, 6) is -0.671. The first-order valence-corrected chi connectivity index (χ1v) is 9.94. The lowest BCUT2D eigenvalue weighted by Crippen LogP contribution is -2.40. The minimum Gasteiger partial charge on any atom is -0.445 e. The van der Waals surface area contributed by atoms with E-state index in [-0.39, 0.29) is 18.8 Å². The Morgan fingerprint density at radius 1 is 1.10 bits per heavy atom. The highest BCUT2D eigenvalue weighted by molar-refractivity contribution is 6.16. The maximum Gasteiger partial charge on any atom is 0.409 e. The molecule has 1 heterocycles. The Balaban J connectivity index is 1.64. The van der Waals surface area contributed by atoms with E-state index in [1.165, 1.54) is 12.1 Å². The highest BCUT2D eigenvalue weighted by atomic mass is 19.1. The van der Waals surface area contributed by atoms with Gasteiger partial charge in [0.05, 0.1) is 5.71 Å². The number of hydrogen-bond donors (Lipinski definition) is 1. The fourth-order valence-electron chi connectivity index (χ4n) is 3.56. The maximum atomic E-state index is 13.9. The van der Waals surface area contributed by atoms with Crippen molar-refractivity contribution in [3.05, 3.63) is 106 Å². The van der Waals surface area contributed by atoms with Crippen molar-refractivity contribution in [2.24, 2.45) is 4.99 Å². The minimum absolute atomic E-state index is 0.0768. The molecule has 0 saturated carbocycles. The van der Waals surface area contributed by atoms with E-state index in [0.717, 1.165) is 22.3 Å². The van der Waals surface area contributed by atoms with Crippen LogP contribution in [0.5, 0.6) is 0 Å². The molecule has 3 aromatic carbocycles. The number of alkyl carbamates (subject to hydrolysis) is 1. The minimum atomic E-state index is -1.13. The van der Waals surface area contributed by atoms with Gasteiger partial charge in [-0.05, 0) is 35.7 Å². The number of amides is 1. The van der Waals surface area contributed by atoms with Crippen molar-refractivity contribution < 1.29 is 18.7 Å². The first kappa shape index (κ1) is 20.5. The number of carbonyl (C=O) groups excluding carboxylic acids is 2. The van der Waals surface area contributed by atoms with Gasteiger partial charge in [-0.15, -0.1) is 0 Å². The van der Waals surface area contributed by atoms with E-state index in [2.05, 4.69) is 10.3 Å². The predicted octanol–water partition coefficient (Wildman–Crippen LogP) is 4.35. The zero-order valence-electron chi connectivity index (χ0n) is 17.0. The van der Waals surface area contributed by atoms with Gasteiger partial charge in [-0.3, -0.25) is 15.1 Å². The molecule has 4 rings (SSSR count). The molecule has 1 N–H and O–H groups in total. The van der Waals surface area contributed by atoms with Gasteiger partial charge >= 0.3 is 6.09 Å². The van der Waals surface area contributed by atoms with E-state index in [1.54, 1.807) is 12.1 Å². The molecular weight excluding hydrogens is 395 g/mol. The summed E-state index contributed by atoms with van der Waals surface area (Å²) in [7, 11) is 0. The Hall–Kier alpha value is -3.80. The molecule has 156 valence electrons. The number of rotatable bonds is 4. The molecule has 31 heavy (non-hydrogen) atoms. The van der Waals surface area contributed by atoms with E-state index in [1.807, 2.05) is 55.5 Å². The molecule has 1 aliphatic heterocycles. The molecule has 1 aliphatic rings. The van der Waals surface area contributed by atoms with Crippen LogP contribution in [0.3, 0.4) is 0 Å². The van der Waals surface area contributed by atoms with Crippen molar-refractivity contribution in [3.8, 4) is 0 Å². The molecule has 0 aromatic heterocycles. The van der Waals surface area contributed by atoms with Gasteiger partial charge in [-0.1, -0.05) is 60.7 Å². The van der Waals surface area contributed by atoms with Crippen LogP contribution in [0.4, 0.5) is 9.18 Å². The van der Waals surface area contributed by atoms with Gasteiger partial charge in [0.25, 0.3) is 0 Å². The van der Waals surface area contributed by atoms with Gasteiger partial charge in [0, 0.05) is 17.5 Å². The number of halogens is 1. The molecule has 3 aromatic rings. The summed E-state index contributed by atoms with van der Waals surface area (Å²) in [6.45, 7) is 1.99. The molecule has 0 spiro atoms. The predicted molar refractivity (Wildman–Crippen MR) is 115 cm³/mol. The van der Waals surface area contributed by atoms with Gasteiger partial charge in [-0.2, -0.15) is 0 Å². The van der Waals surface area contributed by atoms with Crippen molar-refractivity contribution >= 4 is 17.6 Å². The molecule has 0 radical (unpaired) electrons. The lowest BCUT2D eigenvalue weighted by atomic mass is 9.92. The zero-order chi connectivity index (χ0) is 21.8. The van der Waals surface area contributed by atoms with Crippen molar-refractivity contribution in [1.29, 1.82) is 0 Å². The topological polar surface area (TPSA) is 67.8 Å². The summed E-state index contributed by atoms with van der Waals surface area (Å²) in [6, 6.07) is 20.9. The Bertz CT molecular complexity index is 1160. The van der Waals surface area contributed by atoms with Crippen molar-refractivity contribution in [1.82, 2.24) is 5.32 Å². The lowest BCUT2D eigenvalue weighted by molar-refractivity contribution is -0.120. The molecule has 0 aliphatic carbocycles. The SMILES string of the molecule is Cc1cccc2c1CC(=O)C(NC(=O)OCc1ccccc1)N=C2c1cccc(F)c1. The number of aryl methyl sites for hydroxylation is 1. The molecule has 0 fully saturated rings. The van der Waals surface area contributed by atoms with Gasteiger partial charge in [-0.25, -0.2) is 9.18 Å².